The molecule has 0 unspecified atom stereocenters. The number of benzene rings is 5. The number of allylic oxidation sites excluding steroid dienone is 4. The first-order valence-electron chi connectivity index (χ1n) is 22.3. The van der Waals surface area contributed by atoms with Crippen LogP contribution in [0.25, 0.3) is 0 Å². The molecule has 8 N–H and O–H groups in total. The summed E-state index contributed by atoms with van der Waals surface area (Å²) in [6.45, 7) is 2.28. The summed E-state index contributed by atoms with van der Waals surface area (Å²) < 4.78 is 32.1. The molecule has 0 fully saturated rings. The Morgan fingerprint density at radius 3 is 2.15 bits per heavy atom. The number of nitrogens with zero attached hydrogens (tertiary/aromatic N) is 2. The number of nitrogen functional groups attached to an aromatic ring is 1. The lowest BCUT2D eigenvalue weighted by Gasteiger charge is -2.13. The van der Waals surface area contributed by atoms with Gasteiger partial charge in [-0.1, -0.05) is 91.6 Å². The summed E-state index contributed by atoms with van der Waals surface area (Å²) in [4.78, 5) is 64.2. The molecule has 0 aliphatic heterocycles. The van der Waals surface area contributed by atoms with Crippen molar-refractivity contribution < 1.29 is 42.3 Å². The van der Waals surface area contributed by atoms with Gasteiger partial charge >= 0.3 is 6.09 Å². The number of aromatic nitrogens is 1. The van der Waals surface area contributed by atoms with Gasteiger partial charge in [-0.25, -0.2) is 18.7 Å². The zero-order valence-corrected chi connectivity index (χ0v) is 41.3. The normalized spacial score (nSPS) is 11.0. The highest BCUT2D eigenvalue weighted by atomic mass is 32.2. The van der Waals surface area contributed by atoms with Crippen LogP contribution in [0, 0.1) is 17.8 Å². The minimum Gasteiger partial charge on any atom is -0.445 e. The number of nitrogens with two attached hydrogens (primary N) is 1. The molecule has 6 rings (SSSR count). The number of pyridine rings is 1. The second kappa shape index (κ2) is 29.7. The van der Waals surface area contributed by atoms with Crippen LogP contribution in [-0.4, -0.2) is 69.4 Å². The maximum Gasteiger partial charge on any atom is 0.407 e. The molecule has 1 atom stereocenters. The minimum absolute atomic E-state index is 0.0601. The highest BCUT2D eigenvalue weighted by molar-refractivity contribution is 7.92. The first-order chi connectivity index (χ1) is 35.1. The second-order valence-corrected chi connectivity index (χ2v) is 17.2. The molecule has 18 heteroatoms. The van der Waals surface area contributed by atoms with Gasteiger partial charge in [0.25, 0.3) is 21.8 Å². The Morgan fingerprint density at radius 1 is 0.795 bits per heavy atom. The Bertz CT molecular complexity index is 3050. The maximum atomic E-state index is 12.3. The third-order valence-corrected chi connectivity index (χ3v) is 11.3. The molecule has 0 bridgehead atoms. The van der Waals surface area contributed by atoms with Gasteiger partial charge in [0.1, 0.15) is 6.61 Å². The number of amides is 4. The number of ketones is 1. The molecule has 1 aromatic heterocycles. The van der Waals surface area contributed by atoms with Crippen LogP contribution in [0.1, 0.15) is 44.3 Å². The number of carbonyl (C=O) groups excluding carboxylic acids is 5. The van der Waals surface area contributed by atoms with Crippen molar-refractivity contribution in [1.29, 1.82) is 0 Å². The number of hydroxylamine groups is 1. The van der Waals surface area contributed by atoms with E-state index in [-0.39, 0.29) is 35.0 Å². The van der Waals surface area contributed by atoms with Gasteiger partial charge in [0.05, 0.1) is 22.0 Å². The van der Waals surface area contributed by atoms with Gasteiger partial charge in [0, 0.05) is 86.1 Å². The van der Waals surface area contributed by atoms with Gasteiger partial charge in [-0.15, -0.1) is 0 Å². The largest absolute Gasteiger partial charge is 0.445 e. The third-order valence-electron chi connectivity index (χ3n) is 9.85. The van der Waals surface area contributed by atoms with Crippen molar-refractivity contribution in [2.24, 2.45) is 5.92 Å². The van der Waals surface area contributed by atoms with E-state index in [1.54, 1.807) is 135 Å². The predicted molar refractivity (Wildman–Crippen MR) is 283 cm³/mol. The molecule has 0 saturated carbocycles. The van der Waals surface area contributed by atoms with E-state index < -0.39 is 22.0 Å². The molecule has 0 spiro atoms. The van der Waals surface area contributed by atoms with Gasteiger partial charge in [-0.2, -0.15) is 0 Å². The molecule has 376 valence electrons. The van der Waals surface area contributed by atoms with Crippen molar-refractivity contribution in [2.75, 3.05) is 41.8 Å². The van der Waals surface area contributed by atoms with E-state index >= 15 is 0 Å². The molecule has 17 nitrogen and oxygen atoms in total. The number of Topliss-reactive ketones (excluding diaryl/α,β-unsaturated/α-hetero) is 1. The first kappa shape index (κ1) is 56.3. The number of carbonyl (C=O) groups is 5. The smallest absolute Gasteiger partial charge is 0.407 e. The highest BCUT2D eigenvalue weighted by Crippen LogP contribution is 2.20. The fourth-order valence-corrected chi connectivity index (χ4v) is 6.99. The van der Waals surface area contributed by atoms with Crippen LogP contribution in [0.3, 0.4) is 0 Å². The topological polar surface area (TPSA) is 251 Å². The van der Waals surface area contributed by atoms with Crippen LogP contribution in [0.15, 0.2) is 193 Å². The molecule has 4 amide bonds. The Labute approximate surface area is 424 Å². The van der Waals surface area contributed by atoms with Crippen LogP contribution in [-0.2, 0) is 37.5 Å². The van der Waals surface area contributed by atoms with Gasteiger partial charge < -0.3 is 31.3 Å². The SMILES string of the molecule is CNC(=O)/C=C/C=C/[C@@H](C)C(=O)c1ccc(N(C)C)cc1.Nc1ccccc1NC(=O)c1ccc(CNC(=O)OCc2cccnc2)cc1.O=C(/C=C/C#Cc1cccc(NS(=O)(=O)c2ccccc2)c1)NO. The molecule has 0 radical (unpaired) electrons. The zero-order valence-electron chi connectivity index (χ0n) is 40.5. The average molecular weight is 1010 g/mol. The quantitative estimate of drug-likeness (QED) is 0.00939. The molecular formula is C55H56N8O9S. The number of alkyl carbamates (subject to hydrolysis) is 1. The Kier molecular flexibility index (Phi) is 22.9. The summed E-state index contributed by atoms with van der Waals surface area (Å²) in [5, 5.41) is 16.2. The average Bonchev–Trinajstić information content (AvgIpc) is 3.41. The van der Waals surface area contributed by atoms with Gasteiger partial charge in [0.15, 0.2) is 5.78 Å². The van der Waals surface area contributed by atoms with Crippen LogP contribution in [0.2, 0.25) is 0 Å². The standard InChI is InChI=1S/C21H20N4O3.C17H14N2O4S.C17H22N2O2/c22-18-5-1-2-6-19(18)25-20(26)17-9-7-15(8-10-17)13-24-21(27)28-14-16-4-3-11-23-12-16;20-17(18-21)12-5-4-7-14-8-6-9-15(13-14)19-24(22,23)16-10-2-1-3-11-16;1-13(7-5-6-8-16(20)18-2)17(21)14-9-11-15(12-10-14)19(3)4/h1-12H,13-14,22H2,(H,24,27)(H,25,26);1-3,5-6,8-13,19,21H,(H,18,20);5-13H,1-4H3,(H,18,20)/b;12-5+;7-5+,8-6+/t;;13-/m..1/s1. The lowest BCUT2D eigenvalue weighted by molar-refractivity contribution is -0.124. The molecular weight excluding hydrogens is 949 g/mol. The number of hydrogen-bond donors (Lipinski definition) is 7. The van der Waals surface area contributed by atoms with Crippen LogP contribution >= 0.6 is 0 Å². The van der Waals surface area contributed by atoms with Crippen molar-refractivity contribution >= 4 is 62.4 Å². The lowest BCUT2D eigenvalue weighted by Crippen LogP contribution is -2.23. The molecule has 73 heavy (non-hydrogen) atoms. The number of likely N-dealkylation sites (N-methyl/N-ethyl adjacent to an activating group) is 1. The Balaban J connectivity index is 0.000000240. The predicted octanol–water partition coefficient (Wildman–Crippen LogP) is 7.67. The summed E-state index contributed by atoms with van der Waals surface area (Å²) in [6.07, 6.45) is 11.6. The number of ether oxygens (including phenoxy) is 1. The van der Waals surface area contributed by atoms with Gasteiger partial charge in [-0.05, 0) is 96.6 Å². The second-order valence-electron chi connectivity index (χ2n) is 15.6. The first-order valence-corrected chi connectivity index (χ1v) is 23.8. The third kappa shape index (κ3) is 20.3. The van der Waals surface area contributed by atoms with Crippen LogP contribution in [0.4, 0.5) is 27.5 Å². The Hall–Kier alpha value is -9.31. The van der Waals surface area contributed by atoms with E-state index in [1.165, 1.54) is 29.8 Å². The van der Waals surface area contributed by atoms with Crippen molar-refractivity contribution in [2.45, 2.75) is 25.0 Å². The number of anilines is 4. The molecule has 6 aromatic rings. The van der Waals surface area contributed by atoms with E-state index in [9.17, 15) is 32.4 Å². The number of hydrogen-bond acceptors (Lipinski definition) is 12. The molecule has 1 heterocycles. The summed E-state index contributed by atoms with van der Waals surface area (Å²) in [5.74, 6) is 4.08. The zero-order chi connectivity index (χ0) is 53.0. The number of rotatable bonds is 16. The van der Waals surface area contributed by atoms with E-state index in [4.69, 9.17) is 15.7 Å². The minimum atomic E-state index is -3.66. The lowest BCUT2D eigenvalue weighted by atomic mass is 9.98. The van der Waals surface area contributed by atoms with Crippen molar-refractivity contribution in [1.82, 2.24) is 21.1 Å². The molecule has 0 aliphatic carbocycles. The monoisotopic (exact) mass is 1000 g/mol. The van der Waals surface area contributed by atoms with Crippen molar-refractivity contribution in [3.05, 3.63) is 216 Å². The summed E-state index contributed by atoms with van der Waals surface area (Å²) in [7, 11) is 1.83. The van der Waals surface area contributed by atoms with Crippen molar-refractivity contribution in [3.63, 3.8) is 0 Å². The van der Waals surface area contributed by atoms with E-state index in [0.717, 1.165) is 22.9 Å². The molecule has 0 aliphatic rings. The molecule has 0 saturated heterocycles. The van der Waals surface area contributed by atoms with Crippen molar-refractivity contribution in [3.8, 4) is 11.8 Å². The maximum absolute atomic E-state index is 12.3. The number of nitrogens with one attached hydrogen (secondary N) is 5. The summed E-state index contributed by atoms with van der Waals surface area (Å²) >= 11 is 0. The highest BCUT2D eigenvalue weighted by Gasteiger charge is 2.14. The molecule has 5 aromatic carbocycles. The van der Waals surface area contributed by atoms with Crippen LogP contribution < -0.4 is 36.8 Å². The summed E-state index contributed by atoms with van der Waals surface area (Å²) in [6, 6.07) is 39.7. The number of sulfonamides is 1. The van der Waals surface area contributed by atoms with Crippen LogP contribution in [0.5, 0.6) is 0 Å². The number of para-hydroxylation sites is 2. The fourth-order valence-electron chi connectivity index (χ4n) is 5.92. The Morgan fingerprint density at radius 2 is 1.49 bits per heavy atom. The summed E-state index contributed by atoms with van der Waals surface area (Å²) in [5.41, 5.74) is 13.2. The van der Waals surface area contributed by atoms with E-state index in [1.807, 2.05) is 56.3 Å². The fraction of sp³-hybridized carbons (Fsp3) is 0.127. The van der Waals surface area contributed by atoms with Gasteiger partial charge in [0.2, 0.25) is 5.91 Å². The van der Waals surface area contributed by atoms with E-state index in [0.29, 0.717) is 40.3 Å². The van der Waals surface area contributed by atoms with Gasteiger partial charge in [-0.3, -0.25) is 34.1 Å². The van der Waals surface area contributed by atoms with E-state index in [2.05, 4.69) is 37.5 Å².